The highest BCUT2D eigenvalue weighted by atomic mass is 16.3. The van der Waals surface area contributed by atoms with Gasteiger partial charge in [0.05, 0.1) is 17.9 Å². The average molecular weight is 473 g/mol. The Hall–Kier alpha value is -3.90. The molecule has 0 unspecified atom stereocenters. The van der Waals surface area contributed by atoms with E-state index in [-0.39, 0.29) is 5.75 Å². The van der Waals surface area contributed by atoms with Crippen molar-refractivity contribution in [3.63, 3.8) is 0 Å². The molecule has 9 heteroatoms. The monoisotopic (exact) mass is 472 g/mol. The Morgan fingerprint density at radius 3 is 2.60 bits per heavy atom. The SMILES string of the molecule is CCN(CC)CC#Cc1nccc(N2CCCN(c3cc(-c4ccccc4O)nnc3N)CC2)n1. The molecule has 0 amide bonds. The minimum absolute atomic E-state index is 0.166. The summed E-state index contributed by atoms with van der Waals surface area (Å²) in [5, 5.41) is 18.6. The Kier molecular flexibility index (Phi) is 7.95. The maximum absolute atomic E-state index is 10.2. The van der Waals surface area contributed by atoms with Crippen molar-refractivity contribution in [3.8, 4) is 28.8 Å². The lowest BCUT2D eigenvalue weighted by molar-refractivity contribution is 0.342. The van der Waals surface area contributed by atoms with Crippen LogP contribution in [0.3, 0.4) is 0 Å². The summed E-state index contributed by atoms with van der Waals surface area (Å²) < 4.78 is 0. The molecule has 0 bridgehead atoms. The zero-order chi connectivity index (χ0) is 24.6. The maximum Gasteiger partial charge on any atom is 0.206 e. The summed E-state index contributed by atoms with van der Waals surface area (Å²) in [6.45, 7) is 10.1. The van der Waals surface area contributed by atoms with Crippen LogP contribution >= 0.6 is 0 Å². The third-order valence-electron chi connectivity index (χ3n) is 6.18. The van der Waals surface area contributed by atoms with Crippen LogP contribution in [0.5, 0.6) is 5.75 Å². The van der Waals surface area contributed by atoms with Gasteiger partial charge in [0.15, 0.2) is 5.82 Å². The van der Waals surface area contributed by atoms with Crippen molar-refractivity contribution >= 4 is 17.3 Å². The Morgan fingerprint density at radius 1 is 1.03 bits per heavy atom. The van der Waals surface area contributed by atoms with E-state index in [0.29, 0.717) is 29.4 Å². The van der Waals surface area contributed by atoms with Gasteiger partial charge in [-0.1, -0.05) is 31.9 Å². The highest BCUT2D eigenvalue weighted by Crippen LogP contribution is 2.31. The molecular formula is C26H32N8O. The van der Waals surface area contributed by atoms with Crippen LogP contribution in [0.4, 0.5) is 17.3 Å². The lowest BCUT2D eigenvalue weighted by Gasteiger charge is -2.25. The van der Waals surface area contributed by atoms with Gasteiger partial charge < -0.3 is 20.6 Å². The molecule has 3 N–H and O–H groups in total. The molecule has 0 radical (unpaired) electrons. The molecule has 9 nitrogen and oxygen atoms in total. The lowest BCUT2D eigenvalue weighted by Crippen LogP contribution is -2.31. The van der Waals surface area contributed by atoms with Gasteiger partial charge in [-0.2, -0.15) is 0 Å². The summed E-state index contributed by atoms with van der Waals surface area (Å²) in [5.74, 6) is 8.26. The van der Waals surface area contributed by atoms with Crippen molar-refractivity contribution in [2.24, 2.45) is 0 Å². The fraction of sp³-hybridized carbons (Fsp3) is 0.385. The molecule has 1 aromatic carbocycles. The average Bonchev–Trinajstić information content (AvgIpc) is 3.14. The molecule has 1 aliphatic rings. The van der Waals surface area contributed by atoms with E-state index in [1.807, 2.05) is 24.3 Å². The van der Waals surface area contributed by atoms with Gasteiger partial charge >= 0.3 is 0 Å². The van der Waals surface area contributed by atoms with Crippen LogP contribution in [0, 0.1) is 11.8 Å². The zero-order valence-corrected chi connectivity index (χ0v) is 20.4. The predicted octanol–water partition coefficient (Wildman–Crippen LogP) is 2.63. The third-order valence-corrected chi connectivity index (χ3v) is 6.18. The summed E-state index contributed by atoms with van der Waals surface area (Å²) in [7, 11) is 0. The molecule has 0 spiro atoms. The predicted molar refractivity (Wildman–Crippen MR) is 139 cm³/mol. The lowest BCUT2D eigenvalue weighted by atomic mass is 10.1. The number of nitrogens with zero attached hydrogens (tertiary/aromatic N) is 7. The van der Waals surface area contributed by atoms with E-state index in [1.165, 1.54) is 0 Å². The normalized spacial score (nSPS) is 13.9. The number of rotatable bonds is 6. The summed E-state index contributed by atoms with van der Waals surface area (Å²) in [4.78, 5) is 15.8. The first-order valence-electron chi connectivity index (χ1n) is 12.0. The van der Waals surface area contributed by atoms with Gasteiger partial charge in [-0.05, 0) is 49.7 Å². The van der Waals surface area contributed by atoms with Crippen LogP contribution in [0.2, 0.25) is 0 Å². The molecule has 0 aliphatic carbocycles. The molecular weight excluding hydrogens is 440 g/mol. The van der Waals surface area contributed by atoms with Crippen LogP contribution < -0.4 is 15.5 Å². The zero-order valence-electron chi connectivity index (χ0n) is 20.4. The largest absolute Gasteiger partial charge is 0.507 e. The molecule has 1 fully saturated rings. The molecule has 1 aliphatic heterocycles. The van der Waals surface area contributed by atoms with Crippen LogP contribution in [-0.4, -0.2) is 76.0 Å². The van der Waals surface area contributed by atoms with Crippen molar-refractivity contribution < 1.29 is 5.11 Å². The summed E-state index contributed by atoms with van der Waals surface area (Å²) in [6, 6.07) is 10.9. The highest BCUT2D eigenvalue weighted by Gasteiger charge is 2.20. The number of benzene rings is 1. The number of phenols is 1. The molecule has 35 heavy (non-hydrogen) atoms. The second-order valence-electron chi connectivity index (χ2n) is 8.35. The van der Waals surface area contributed by atoms with Crippen LogP contribution in [0.25, 0.3) is 11.3 Å². The van der Waals surface area contributed by atoms with E-state index in [9.17, 15) is 5.11 Å². The maximum atomic E-state index is 10.2. The second-order valence-corrected chi connectivity index (χ2v) is 8.35. The number of anilines is 3. The second kappa shape index (κ2) is 11.5. The molecule has 0 atom stereocenters. The molecule has 0 saturated carbocycles. The van der Waals surface area contributed by atoms with Crippen molar-refractivity contribution in [1.29, 1.82) is 0 Å². The van der Waals surface area contributed by atoms with Crippen LogP contribution in [-0.2, 0) is 0 Å². The fourth-order valence-electron chi connectivity index (χ4n) is 4.12. The van der Waals surface area contributed by atoms with Gasteiger partial charge in [0.2, 0.25) is 5.82 Å². The first-order valence-corrected chi connectivity index (χ1v) is 12.0. The number of hydrogen-bond acceptors (Lipinski definition) is 9. The first kappa shape index (κ1) is 24.2. The van der Waals surface area contributed by atoms with Gasteiger partial charge in [0.25, 0.3) is 0 Å². The number of phenolic OH excluding ortho intramolecular Hbond substituents is 1. The highest BCUT2D eigenvalue weighted by molar-refractivity contribution is 5.74. The minimum Gasteiger partial charge on any atom is -0.507 e. The van der Waals surface area contributed by atoms with E-state index in [1.54, 1.807) is 18.3 Å². The van der Waals surface area contributed by atoms with E-state index in [2.05, 4.69) is 55.6 Å². The molecule has 3 heterocycles. The molecule has 182 valence electrons. The Labute approximate surface area is 206 Å². The van der Waals surface area contributed by atoms with E-state index >= 15 is 0 Å². The number of aromatic nitrogens is 4. The van der Waals surface area contributed by atoms with Gasteiger partial charge in [0, 0.05) is 37.9 Å². The summed E-state index contributed by atoms with van der Waals surface area (Å²) in [6.07, 6.45) is 2.70. The standard InChI is InChI=1S/C26H32N8O/c1-3-32(4-2)14-7-11-24-28-13-12-25(29-24)34-16-8-15-33(17-18-34)22-19-21(30-31-26(22)27)20-9-5-6-10-23(20)35/h5-6,9-10,12-13,19,35H,3-4,8,14-18H2,1-2H3,(H2,27,31). The van der Waals surface area contributed by atoms with Crippen LogP contribution in [0.15, 0.2) is 42.6 Å². The van der Waals surface area contributed by atoms with Gasteiger partial charge in [-0.25, -0.2) is 9.97 Å². The fourth-order valence-corrected chi connectivity index (χ4v) is 4.12. The first-order chi connectivity index (χ1) is 17.1. The number of hydrogen-bond donors (Lipinski definition) is 2. The number of aromatic hydroxyl groups is 1. The molecule has 3 aromatic rings. The van der Waals surface area contributed by atoms with Crippen LogP contribution in [0.1, 0.15) is 26.1 Å². The van der Waals surface area contributed by atoms with E-state index in [0.717, 1.165) is 57.2 Å². The van der Waals surface area contributed by atoms with Gasteiger partial charge in [-0.15, -0.1) is 10.2 Å². The smallest absolute Gasteiger partial charge is 0.206 e. The van der Waals surface area contributed by atoms with Crippen molar-refractivity contribution in [2.75, 3.05) is 61.3 Å². The number of nitrogen functional groups attached to an aromatic ring is 1. The minimum atomic E-state index is 0.166. The molecule has 2 aromatic heterocycles. The number of para-hydroxylation sites is 1. The quantitative estimate of drug-likeness (QED) is 0.524. The Morgan fingerprint density at radius 2 is 1.80 bits per heavy atom. The number of nitrogens with two attached hydrogens (primary N) is 1. The van der Waals surface area contributed by atoms with Crippen molar-refractivity contribution in [1.82, 2.24) is 25.1 Å². The third kappa shape index (κ3) is 5.97. The van der Waals surface area contributed by atoms with Gasteiger partial charge in [-0.3, -0.25) is 4.90 Å². The van der Waals surface area contributed by atoms with Crippen molar-refractivity contribution in [3.05, 3.63) is 48.4 Å². The van der Waals surface area contributed by atoms with E-state index < -0.39 is 0 Å². The molecule has 1 saturated heterocycles. The Balaban J connectivity index is 1.47. The Bertz CT molecular complexity index is 1200. The van der Waals surface area contributed by atoms with E-state index in [4.69, 9.17) is 10.7 Å². The summed E-state index contributed by atoms with van der Waals surface area (Å²) in [5.41, 5.74) is 8.26. The molecule has 4 rings (SSSR count). The van der Waals surface area contributed by atoms with Crippen molar-refractivity contribution in [2.45, 2.75) is 20.3 Å². The summed E-state index contributed by atoms with van der Waals surface area (Å²) >= 11 is 0. The van der Waals surface area contributed by atoms with Gasteiger partial charge in [0.1, 0.15) is 11.6 Å². The topological polar surface area (TPSA) is 108 Å².